The van der Waals surface area contributed by atoms with Crippen molar-refractivity contribution in [2.24, 2.45) is 11.7 Å². The predicted octanol–water partition coefficient (Wildman–Crippen LogP) is 4.34. The van der Waals surface area contributed by atoms with E-state index in [4.69, 9.17) is 20.6 Å². The van der Waals surface area contributed by atoms with Gasteiger partial charge in [0.2, 0.25) is 5.91 Å². The molecule has 0 unspecified atom stereocenters. The van der Waals surface area contributed by atoms with Crippen LogP contribution in [0.3, 0.4) is 0 Å². The molecule has 10 nitrogen and oxygen atoms in total. The number of carbonyl (C=O) groups excluding carboxylic acids is 2. The molecule has 4 rings (SSSR count). The standard InChI is InChI=1S/C30H32N4O6/c1-39-28(35)18-24-16-25(33(30(24)36)15-5-8-20-6-3-2-4-7-20)19-40-27-14-13-23(17-26(27)34(37)38)21-9-11-22(12-10-21)29(31)32/h2-4,6-7,9-14,17,24-25H,5,8,15-16,18-19H2,1H3,(H3,31,32)/t24-,25-/m0/s1. The number of nitro groups is 1. The van der Waals surface area contributed by atoms with Gasteiger partial charge in [0.15, 0.2) is 5.75 Å². The average molecular weight is 545 g/mol. The zero-order chi connectivity index (χ0) is 28.6. The molecule has 1 amide bonds. The summed E-state index contributed by atoms with van der Waals surface area (Å²) in [6.07, 6.45) is 1.90. The van der Waals surface area contributed by atoms with Gasteiger partial charge in [0, 0.05) is 18.2 Å². The van der Waals surface area contributed by atoms with Crippen molar-refractivity contribution in [3.05, 3.63) is 94.0 Å². The normalized spacial score (nSPS) is 16.5. The zero-order valence-corrected chi connectivity index (χ0v) is 22.2. The molecular weight excluding hydrogens is 512 g/mol. The summed E-state index contributed by atoms with van der Waals surface area (Å²) < 4.78 is 10.7. The summed E-state index contributed by atoms with van der Waals surface area (Å²) in [5.41, 5.74) is 8.39. The number of likely N-dealkylation sites (tertiary alicyclic amines) is 1. The van der Waals surface area contributed by atoms with Crippen molar-refractivity contribution < 1.29 is 24.0 Å². The number of amidine groups is 1. The minimum atomic E-state index is -0.520. The maximum absolute atomic E-state index is 13.2. The van der Waals surface area contributed by atoms with Gasteiger partial charge in [-0.2, -0.15) is 0 Å². The monoisotopic (exact) mass is 544 g/mol. The number of rotatable bonds is 12. The molecule has 1 aliphatic heterocycles. The van der Waals surface area contributed by atoms with Crippen LogP contribution in [0.2, 0.25) is 0 Å². The Morgan fingerprint density at radius 2 is 1.80 bits per heavy atom. The van der Waals surface area contributed by atoms with Gasteiger partial charge in [-0.3, -0.25) is 25.1 Å². The summed E-state index contributed by atoms with van der Waals surface area (Å²) in [7, 11) is 1.29. The number of nitrogens with zero attached hydrogens (tertiary/aromatic N) is 2. The third-order valence-electron chi connectivity index (χ3n) is 7.09. The van der Waals surface area contributed by atoms with E-state index in [2.05, 4.69) is 0 Å². The summed E-state index contributed by atoms with van der Waals surface area (Å²) in [5.74, 6) is -1.07. The first-order chi connectivity index (χ1) is 19.3. The number of hydrogen-bond acceptors (Lipinski definition) is 7. The molecule has 1 saturated heterocycles. The predicted molar refractivity (Wildman–Crippen MR) is 150 cm³/mol. The van der Waals surface area contributed by atoms with E-state index < -0.39 is 16.8 Å². The molecule has 0 saturated carbocycles. The molecule has 208 valence electrons. The van der Waals surface area contributed by atoms with Crippen LogP contribution < -0.4 is 10.5 Å². The maximum Gasteiger partial charge on any atom is 0.311 e. The van der Waals surface area contributed by atoms with Gasteiger partial charge in [0.1, 0.15) is 12.4 Å². The maximum atomic E-state index is 13.2. The number of benzene rings is 3. The number of nitrogens with one attached hydrogen (secondary N) is 1. The first kappa shape index (κ1) is 28.3. The zero-order valence-electron chi connectivity index (χ0n) is 22.2. The minimum absolute atomic E-state index is 0.0156. The van der Waals surface area contributed by atoms with Crippen LogP contribution in [-0.2, 0) is 20.7 Å². The molecule has 2 atom stereocenters. The van der Waals surface area contributed by atoms with E-state index in [-0.39, 0.29) is 42.2 Å². The molecule has 40 heavy (non-hydrogen) atoms. The smallest absolute Gasteiger partial charge is 0.311 e. The summed E-state index contributed by atoms with van der Waals surface area (Å²) in [6.45, 7) is 0.541. The van der Waals surface area contributed by atoms with Crippen molar-refractivity contribution >= 4 is 23.4 Å². The van der Waals surface area contributed by atoms with Gasteiger partial charge in [-0.05, 0) is 42.0 Å². The Hall–Kier alpha value is -4.73. The molecular formula is C30H32N4O6. The topological polar surface area (TPSA) is 149 Å². The number of ether oxygens (including phenoxy) is 2. The molecule has 1 fully saturated rings. The van der Waals surface area contributed by atoms with Gasteiger partial charge >= 0.3 is 11.7 Å². The highest BCUT2D eigenvalue weighted by molar-refractivity contribution is 5.95. The summed E-state index contributed by atoms with van der Waals surface area (Å²) in [6, 6.07) is 21.2. The van der Waals surface area contributed by atoms with Crippen LogP contribution in [0.25, 0.3) is 11.1 Å². The summed E-state index contributed by atoms with van der Waals surface area (Å²) in [4.78, 5) is 38.2. The number of nitrogens with two attached hydrogens (primary N) is 1. The van der Waals surface area contributed by atoms with E-state index in [1.54, 1.807) is 41.3 Å². The van der Waals surface area contributed by atoms with Crippen molar-refractivity contribution in [3.8, 4) is 16.9 Å². The van der Waals surface area contributed by atoms with Gasteiger partial charge < -0.3 is 20.1 Å². The van der Waals surface area contributed by atoms with Gasteiger partial charge in [-0.15, -0.1) is 0 Å². The lowest BCUT2D eigenvalue weighted by molar-refractivity contribution is -0.385. The van der Waals surface area contributed by atoms with Crippen LogP contribution in [0.15, 0.2) is 72.8 Å². The Balaban J connectivity index is 1.48. The average Bonchev–Trinajstić information content (AvgIpc) is 3.25. The second kappa shape index (κ2) is 12.9. The Morgan fingerprint density at radius 1 is 1.10 bits per heavy atom. The van der Waals surface area contributed by atoms with E-state index in [1.807, 2.05) is 30.3 Å². The SMILES string of the molecule is COC(=O)C[C@@H]1C[C@@H](COc2ccc(-c3ccc(C(=N)N)cc3)cc2[N+](=O)[O-])N(CCCc2ccccc2)C1=O. The Bertz CT molecular complexity index is 1380. The largest absolute Gasteiger partial charge is 0.485 e. The molecule has 3 aromatic carbocycles. The Morgan fingerprint density at radius 3 is 2.45 bits per heavy atom. The number of amides is 1. The van der Waals surface area contributed by atoms with Crippen molar-refractivity contribution in [2.75, 3.05) is 20.3 Å². The van der Waals surface area contributed by atoms with E-state index >= 15 is 0 Å². The third-order valence-corrected chi connectivity index (χ3v) is 7.09. The first-order valence-electron chi connectivity index (χ1n) is 13.0. The number of nitro benzene ring substituents is 1. The first-order valence-corrected chi connectivity index (χ1v) is 13.0. The Kier molecular flexibility index (Phi) is 9.11. The number of methoxy groups -OCH3 is 1. The number of aryl methyl sites for hydroxylation is 1. The van der Waals surface area contributed by atoms with Crippen LogP contribution in [0, 0.1) is 21.4 Å². The van der Waals surface area contributed by atoms with Crippen molar-refractivity contribution in [1.82, 2.24) is 4.90 Å². The Labute approximate surface area is 232 Å². The molecule has 1 aliphatic rings. The molecule has 0 aliphatic carbocycles. The highest BCUT2D eigenvalue weighted by atomic mass is 16.6. The highest BCUT2D eigenvalue weighted by Crippen LogP contribution is 2.34. The van der Waals surface area contributed by atoms with Gasteiger partial charge in [-0.25, -0.2) is 0 Å². The lowest BCUT2D eigenvalue weighted by Gasteiger charge is -2.25. The second-order valence-electron chi connectivity index (χ2n) is 9.73. The van der Waals surface area contributed by atoms with Crippen molar-refractivity contribution in [2.45, 2.75) is 31.7 Å². The van der Waals surface area contributed by atoms with E-state index in [0.29, 0.717) is 24.1 Å². The van der Waals surface area contributed by atoms with Crippen LogP contribution in [-0.4, -0.2) is 53.8 Å². The molecule has 0 spiro atoms. The van der Waals surface area contributed by atoms with Gasteiger partial charge in [0.25, 0.3) is 0 Å². The second-order valence-corrected chi connectivity index (χ2v) is 9.73. The quantitative estimate of drug-likeness (QED) is 0.113. The summed E-state index contributed by atoms with van der Waals surface area (Å²) in [5, 5.41) is 19.4. The van der Waals surface area contributed by atoms with Crippen LogP contribution in [0.5, 0.6) is 5.75 Å². The van der Waals surface area contributed by atoms with Crippen LogP contribution in [0.1, 0.15) is 30.4 Å². The molecule has 0 radical (unpaired) electrons. The molecule has 10 heteroatoms. The lowest BCUT2D eigenvalue weighted by atomic mass is 10.0. The third kappa shape index (κ3) is 6.82. The number of esters is 1. The number of hydrogen-bond donors (Lipinski definition) is 2. The lowest BCUT2D eigenvalue weighted by Crippen LogP contribution is -2.38. The highest BCUT2D eigenvalue weighted by Gasteiger charge is 2.40. The molecule has 3 N–H and O–H groups in total. The van der Waals surface area contributed by atoms with E-state index in [1.165, 1.54) is 18.7 Å². The molecule has 1 heterocycles. The van der Waals surface area contributed by atoms with E-state index in [9.17, 15) is 19.7 Å². The fourth-order valence-corrected chi connectivity index (χ4v) is 4.96. The number of carbonyl (C=O) groups is 2. The van der Waals surface area contributed by atoms with Crippen molar-refractivity contribution in [1.29, 1.82) is 5.41 Å². The minimum Gasteiger partial charge on any atom is -0.485 e. The molecule has 0 aromatic heterocycles. The molecule has 0 bridgehead atoms. The number of nitrogen functional groups attached to an aromatic ring is 1. The fourth-order valence-electron chi connectivity index (χ4n) is 4.96. The van der Waals surface area contributed by atoms with Crippen LogP contribution >= 0.6 is 0 Å². The van der Waals surface area contributed by atoms with Crippen molar-refractivity contribution in [3.63, 3.8) is 0 Å². The molecule has 3 aromatic rings. The fraction of sp³-hybridized carbons (Fsp3) is 0.300. The van der Waals surface area contributed by atoms with Gasteiger partial charge in [0.05, 0.1) is 30.4 Å². The van der Waals surface area contributed by atoms with Crippen LogP contribution in [0.4, 0.5) is 5.69 Å². The van der Waals surface area contributed by atoms with E-state index in [0.717, 1.165) is 18.4 Å². The summed E-state index contributed by atoms with van der Waals surface area (Å²) >= 11 is 0. The van der Waals surface area contributed by atoms with Gasteiger partial charge in [-0.1, -0.05) is 60.7 Å².